The second-order valence-electron chi connectivity index (χ2n) is 6.90. The molecule has 1 aromatic rings. The summed E-state index contributed by atoms with van der Waals surface area (Å²) in [6.45, 7) is 9.37. The molecule has 138 valence electrons. The fourth-order valence-electron chi connectivity index (χ4n) is 2.41. The summed E-state index contributed by atoms with van der Waals surface area (Å²) in [6, 6.07) is 9.72. The highest BCUT2D eigenvalue weighted by atomic mass is 16.6. The SMILES string of the molecule is C=N/C(C1=CC=CCC1)=C(/NC(=O)OC(C)(C)C)OCc1ccccc1. The number of aliphatic imine (C=N–C) groups is 1. The Bertz CT molecular complexity index is 725. The van der Waals surface area contributed by atoms with Gasteiger partial charge in [0, 0.05) is 0 Å². The van der Waals surface area contributed by atoms with E-state index in [-0.39, 0.29) is 5.88 Å². The summed E-state index contributed by atoms with van der Waals surface area (Å²) >= 11 is 0. The zero-order valence-corrected chi connectivity index (χ0v) is 15.6. The van der Waals surface area contributed by atoms with E-state index in [1.165, 1.54) is 0 Å². The van der Waals surface area contributed by atoms with Gasteiger partial charge in [0.1, 0.15) is 17.9 Å². The van der Waals surface area contributed by atoms with E-state index in [4.69, 9.17) is 9.47 Å². The Kier molecular flexibility index (Phi) is 6.78. The molecule has 0 bridgehead atoms. The summed E-state index contributed by atoms with van der Waals surface area (Å²) < 4.78 is 11.2. The number of nitrogens with zero attached hydrogens (tertiary/aromatic N) is 1. The van der Waals surface area contributed by atoms with Crippen LogP contribution in [-0.4, -0.2) is 18.4 Å². The van der Waals surface area contributed by atoms with Crippen LogP contribution in [0.15, 0.2) is 70.7 Å². The van der Waals surface area contributed by atoms with Crippen molar-refractivity contribution in [2.45, 2.75) is 45.8 Å². The standard InChI is InChI=1S/C21H26N2O3/c1-21(2,3)26-20(24)23-19(25-15-16-11-7-5-8-12-16)18(22-4)17-13-9-6-10-14-17/h5-9,11-13H,4,10,14-15H2,1-3H3,(H,23,24)/b19-18-. The number of allylic oxidation sites excluding steroid dienone is 4. The minimum Gasteiger partial charge on any atom is -0.472 e. The minimum absolute atomic E-state index is 0.250. The summed E-state index contributed by atoms with van der Waals surface area (Å²) in [5, 5.41) is 2.69. The molecule has 5 nitrogen and oxygen atoms in total. The number of hydrogen-bond acceptors (Lipinski definition) is 4. The Labute approximate surface area is 155 Å². The van der Waals surface area contributed by atoms with E-state index in [0.717, 1.165) is 24.0 Å². The highest BCUT2D eigenvalue weighted by molar-refractivity contribution is 5.70. The van der Waals surface area contributed by atoms with Crippen molar-refractivity contribution in [3.63, 3.8) is 0 Å². The van der Waals surface area contributed by atoms with Crippen LogP contribution in [0.4, 0.5) is 4.79 Å². The Morgan fingerprint density at radius 2 is 2.00 bits per heavy atom. The summed E-state index contributed by atoms with van der Waals surface area (Å²) in [4.78, 5) is 16.3. The van der Waals surface area contributed by atoms with Crippen LogP contribution in [0.5, 0.6) is 0 Å². The summed E-state index contributed by atoms with van der Waals surface area (Å²) in [5.74, 6) is 0.250. The maximum Gasteiger partial charge on any atom is 0.414 e. The first-order chi connectivity index (χ1) is 12.4. The highest BCUT2D eigenvalue weighted by Gasteiger charge is 2.21. The van der Waals surface area contributed by atoms with Crippen LogP contribution in [0.25, 0.3) is 0 Å². The molecule has 0 spiro atoms. The van der Waals surface area contributed by atoms with Crippen molar-refractivity contribution in [2.75, 3.05) is 0 Å². The molecule has 0 atom stereocenters. The van der Waals surface area contributed by atoms with Crippen molar-refractivity contribution in [3.8, 4) is 0 Å². The number of alkyl carbamates (subject to hydrolysis) is 1. The smallest absolute Gasteiger partial charge is 0.414 e. The maximum absolute atomic E-state index is 12.2. The van der Waals surface area contributed by atoms with Crippen LogP contribution in [0.1, 0.15) is 39.2 Å². The van der Waals surface area contributed by atoms with Gasteiger partial charge in [-0.05, 0) is 51.5 Å². The molecular formula is C21H26N2O3. The number of carbonyl (C=O) groups is 1. The first kappa shape index (κ1) is 19.5. The Hall–Kier alpha value is -2.82. The second kappa shape index (κ2) is 9.04. The second-order valence-corrected chi connectivity index (χ2v) is 6.90. The molecular weight excluding hydrogens is 328 g/mol. The number of ether oxygens (including phenoxy) is 2. The number of hydrogen-bond donors (Lipinski definition) is 1. The molecule has 0 saturated carbocycles. The molecule has 1 aliphatic carbocycles. The average molecular weight is 354 g/mol. The van der Waals surface area contributed by atoms with Gasteiger partial charge in [0.05, 0.1) is 0 Å². The lowest BCUT2D eigenvalue weighted by Crippen LogP contribution is -2.33. The van der Waals surface area contributed by atoms with Gasteiger partial charge in [-0.15, -0.1) is 0 Å². The van der Waals surface area contributed by atoms with Gasteiger partial charge in [-0.1, -0.05) is 48.6 Å². The number of nitrogens with one attached hydrogen (secondary N) is 1. The molecule has 0 unspecified atom stereocenters. The van der Waals surface area contributed by atoms with Crippen LogP contribution in [0, 0.1) is 0 Å². The molecule has 2 rings (SSSR count). The van der Waals surface area contributed by atoms with E-state index in [2.05, 4.69) is 23.1 Å². The molecule has 1 amide bonds. The van der Waals surface area contributed by atoms with E-state index >= 15 is 0 Å². The van der Waals surface area contributed by atoms with Gasteiger partial charge in [-0.3, -0.25) is 10.3 Å². The molecule has 5 heteroatoms. The predicted octanol–water partition coefficient (Wildman–Crippen LogP) is 4.87. The predicted molar refractivity (Wildman–Crippen MR) is 104 cm³/mol. The topological polar surface area (TPSA) is 59.9 Å². The third kappa shape index (κ3) is 6.24. The van der Waals surface area contributed by atoms with Gasteiger partial charge >= 0.3 is 6.09 Å². The van der Waals surface area contributed by atoms with Gasteiger partial charge < -0.3 is 9.47 Å². The van der Waals surface area contributed by atoms with Crippen molar-refractivity contribution in [1.82, 2.24) is 5.32 Å². The Balaban J connectivity index is 2.25. The number of carbonyl (C=O) groups excluding carboxylic acids is 1. The van der Waals surface area contributed by atoms with Crippen LogP contribution in [-0.2, 0) is 16.1 Å². The first-order valence-corrected chi connectivity index (χ1v) is 8.63. The third-order valence-electron chi connectivity index (χ3n) is 3.53. The van der Waals surface area contributed by atoms with E-state index in [0.29, 0.717) is 12.3 Å². The average Bonchev–Trinajstić information content (AvgIpc) is 2.60. The molecule has 0 saturated heterocycles. The zero-order valence-electron chi connectivity index (χ0n) is 15.6. The zero-order chi connectivity index (χ0) is 19.0. The van der Waals surface area contributed by atoms with E-state index < -0.39 is 11.7 Å². The summed E-state index contributed by atoms with van der Waals surface area (Å²) in [5.41, 5.74) is 1.86. The van der Waals surface area contributed by atoms with Gasteiger partial charge in [-0.25, -0.2) is 4.79 Å². The fourth-order valence-corrected chi connectivity index (χ4v) is 2.41. The molecule has 0 radical (unpaired) electrons. The molecule has 1 N–H and O–H groups in total. The number of benzene rings is 1. The van der Waals surface area contributed by atoms with Crippen LogP contribution in [0.2, 0.25) is 0 Å². The number of rotatable bonds is 6. The number of amides is 1. The van der Waals surface area contributed by atoms with E-state index in [9.17, 15) is 4.79 Å². The Morgan fingerprint density at radius 1 is 1.27 bits per heavy atom. The van der Waals surface area contributed by atoms with Crippen molar-refractivity contribution in [3.05, 3.63) is 71.3 Å². The largest absolute Gasteiger partial charge is 0.472 e. The van der Waals surface area contributed by atoms with Crippen molar-refractivity contribution in [1.29, 1.82) is 0 Å². The summed E-state index contributed by atoms with van der Waals surface area (Å²) in [7, 11) is 0. The monoisotopic (exact) mass is 354 g/mol. The molecule has 0 aromatic heterocycles. The molecule has 0 fully saturated rings. The van der Waals surface area contributed by atoms with Crippen molar-refractivity contribution < 1.29 is 14.3 Å². The van der Waals surface area contributed by atoms with Crippen LogP contribution < -0.4 is 5.32 Å². The lowest BCUT2D eigenvalue weighted by atomic mass is 10.0. The Morgan fingerprint density at radius 3 is 2.58 bits per heavy atom. The molecule has 0 aliphatic heterocycles. The third-order valence-corrected chi connectivity index (χ3v) is 3.53. The van der Waals surface area contributed by atoms with Gasteiger partial charge in [0.15, 0.2) is 0 Å². The lowest BCUT2D eigenvalue weighted by Gasteiger charge is -2.22. The summed E-state index contributed by atoms with van der Waals surface area (Å²) in [6.07, 6.45) is 7.12. The fraction of sp³-hybridized carbons (Fsp3) is 0.333. The molecule has 1 aromatic carbocycles. The molecule has 0 heterocycles. The van der Waals surface area contributed by atoms with E-state index in [1.807, 2.05) is 63.3 Å². The lowest BCUT2D eigenvalue weighted by molar-refractivity contribution is 0.0485. The molecule has 26 heavy (non-hydrogen) atoms. The van der Waals surface area contributed by atoms with Gasteiger partial charge in [-0.2, -0.15) is 0 Å². The van der Waals surface area contributed by atoms with Gasteiger partial charge in [0.2, 0.25) is 5.88 Å². The normalized spacial score (nSPS) is 14.8. The van der Waals surface area contributed by atoms with Crippen LogP contribution >= 0.6 is 0 Å². The van der Waals surface area contributed by atoms with E-state index in [1.54, 1.807) is 0 Å². The van der Waals surface area contributed by atoms with Crippen molar-refractivity contribution >= 4 is 12.8 Å². The highest BCUT2D eigenvalue weighted by Crippen LogP contribution is 2.24. The minimum atomic E-state index is -0.608. The van der Waals surface area contributed by atoms with Crippen LogP contribution in [0.3, 0.4) is 0 Å². The molecule has 1 aliphatic rings. The quantitative estimate of drug-likeness (QED) is 0.585. The van der Waals surface area contributed by atoms with Crippen molar-refractivity contribution in [2.24, 2.45) is 4.99 Å². The first-order valence-electron chi connectivity index (χ1n) is 8.63. The van der Waals surface area contributed by atoms with Gasteiger partial charge in [0.25, 0.3) is 0 Å². The maximum atomic E-state index is 12.2.